The van der Waals surface area contributed by atoms with Gasteiger partial charge in [-0.3, -0.25) is 4.79 Å². The normalized spacial score (nSPS) is 26.2. The Labute approximate surface area is 128 Å². The van der Waals surface area contributed by atoms with Crippen LogP contribution >= 0.6 is 31.9 Å². The lowest BCUT2D eigenvalue weighted by Crippen LogP contribution is -2.39. The molecule has 0 bridgehead atoms. The van der Waals surface area contributed by atoms with Crippen LogP contribution in [-0.4, -0.2) is 31.1 Å². The van der Waals surface area contributed by atoms with E-state index in [9.17, 15) is 4.79 Å². The molecule has 19 heavy (non-hydrogen) atoms. The fourth-order valence-electron chi connectivity index (χ4n) is 1.99. The maximum atomic E-state index is 11.6. The highest BCUT2D eigenvalue weighted by Gasteiger charge is 2.40. The summed E-state index contributed by atoms with van der Waals surface area (Å²) in [5.41, 5.74) is 7.06. The van der Waals surface area contributed by atoms with Gasteiger partial charge in [0.1, 0.15) is 11.8 Å². The fourth-order valence-corrected chi connectivity index (χ4v) is 3.33. The molecule has 0 saturated carbocycles. The van der Waals surface area contributed by atoms with Crippen LogP contribution in [0.1, 0.15) is 11.6 Å². The van der Waals surface area contributed by atoms with Crippen molar-refractivity contribution in [2.75, 3.05) is 14.2 Å². The van der Waals surface area contributed by atoms with Gasteiger partial charge in [0, 0.05) is 0 Å². The molecule has 1 fully saturated rings. The summed E-state index contributed by atoms with van der Waals surface area (Å²) in [5.74, 6) is 0.467. The Bertz CT molecular complexity index is 484. The number of methoxy groups -OCH3 is 2. The summed E-state index contributed by atoms with van der Waals surface area (Å²) < 4.78 is 10.8. The van der Waals surface area contributed by atoms with Crippen LogP contribution in [0.4, 0.5) is 0 Å². The monoisotopic (exact) mass is 392 g/mol. The van der Waals surface area contributed by atoms with Crippen molar-refractivity contribution in [3.05, 3.63) is 28.2 Å². The number of hydrogen-bond acceptors (Lipinski definition) is 5. The van der Waals surface area contributed by atoms with E-state index in [1.54, 1.807) is 7.11 Å². The van der Waals surface area contributed by atoms with Gasteiger partial charge in [-0.05, 0) is 33.6 Å². The number of nitrogens with one attached hydrogen (secondary N) is 2. The minimum atomic E-state index is -0.420. The summed E-state index contributed by atoms with van der Waals surface area (Å²) in [6.07, 6.45) is 0. The van der Waals surface area contributed by atoms with Crippen molar-refractivity contribution in [2.45, 2.75) is 16.9 Å². The minimum absolute atomic E-state index is 0.0358. The number of ether oxygens (including phenoxy) is 2. The van der Waals surface area contributed by atoms with Crippen molar-refractivity contribution in [3.8, 4) is 5.75 Å². The topological polar surface area (TPSA) is 59.6 Å². The first-order valence-electron chi connectivity index (χ1n) is 5.65. The predicted octanol–water partition coefficient (Wildman–Crippen LogP) is 1.91. The minimum Gasteiger partial charge on any atom is -0.496 e. The molecule has 0 aliphatic carbocycles. The van der Waals surface area contributed by atoms with Gasteiger partial charge in [0.15, 0.2) is 0 Å². The average Bonchev–Trinajstić information content (AvgIpc) is 2.79. The van der Waals surface area contributed by atoms with E-state index in [4.69, 9.17) is 9.47 Å². The van der Waals surface area contributed by atoms with E-state index in [0.29, 0.717) is 0 Å². The maximum Gasteiger partial charge on any atom is 0.325 e. The van der Waals surface area contributed by atoms with Crippen LogP contribution in [0.3, 0.4) is 0 Å². The third-order valence-corrected chi connectivity index (χ3v) is 4.70. The van der Waals surface area contributed by atoms with Crippen LogP contribution < -0.4 is 15.6 Å². The molecular formula is C12H14Br2N2O3. The van der Waals surface area contributed by atoms with Crippen LogP contribution in [0.2, 0.25) is 0 Å². The van der Waals surface area contributed by atoms with Crippen molar-refractivity contribution in [3.63, 3.8) is 0 Å². The molecule has 1 saturated heterocycles. The van der Waals surface area contributed by atoms with E-state index in [1.165, 1.54) is 7.11 Å². The van der Waals surface area contributed by atoms with Gasteiger partial charge in [-0.1, -0.05) is 22.0 Å². The lowest BCUT2D eigenvalue weighted by Gasteiger charge is -2.16. The molecule has 0 spiro atoms. The van der Waals surface area contributed by atoms with E-state index in [-0.39, 0.29) is 16.8 Å². The second-order valence-electron chi connectivity index (χ2n) is 4.11. The highest BCUT2D eigenvalue weighted by atomic mass is 79.9. The van der Waals surface area contributed by atoms with Crippen molar-refractivity contribution in [1.29, 1.82) is 0 Å². The second kappa shape index (κ2) is 6.21. The van der Waals surface area contributed by atoms with Gasteiger partial charge in [0.25, 0.3) is 0 Å². The van der Waals surface area contributed by atoms with Gasteiger partial charge in [-0.25, -0.2) is 10.9 Å². The predicted molar refractivity (Wildman–Crippen MR) is 78.2 cm³/mol. The molecule has 3 unspecified atom stereocenters. The lowest BCUT2D eigenvalue weighted by molar-refractivity contribution is -0.142. The molecule has 104 valence electrons. The molecule has 1 aromatic rings. The molecule has 2 rings (SSSR count). The van der Waals surface area contributed by atoms with Gasteiger partial charge >= 0.3 is 5.97 Å². The van der Waals surface area contributed by atoms with E-state index in [1.807, 2.05) is 18.2 Å². The summed E-state index contributed by atoms with van der Waals surface area (Å²) in [5, 5.41) is 0. The van der Waals surface area contributed by atoms with Gasteiger partial charge in [0.05, 0.1) is 29.6 Å². The highest BCUT2D eigenvalue weighted by Crippen LogP contribution is 2.33. The van der Waals surface area contributed by atoms with Gasteiger partial charge in [-0.15, -0.1) is 0 Å². The standard InChI is InChI=1S/C12H14Br2N2O3/c1-18-8-4-3-6(5-7(8)13)10-9(14)11(16-15-10)12(17)19-2/h3-5,9-11,15-16H,1-2H3. The second-order valence-corrected chi connectivity index (χ2v) is 6.02. The quantitative estimate of drug-likeness (QED) is 0.606. The number of hydrazine groups is 1. The Morgan fingerprint density at radius 3 is 2.63 bits per heavy atom. The number of carbonyl (C=O) groups excluding carboxylic acids is 1. The molecule has 5 nitrogen and oxygen atoms in total. The van der Waals surface area contributed by atoms with Gasteiger partial charge < -0.3 is 9.47 Å². The molecule has 1 aliphatic rings. The average molecular weight is 394 g/mol. The Balaban J connectivity index is 2.19. The third kappa shape index (κ3) is 2.94. The Morgan fingerprint density at radius 1 is 1.32 bits per heavy atom. The summed E-state index contributed by atoms with van der Waals surface area (Å²) in [4.78, 5) is 11.5. The summed E-state index contributed by atoms with van der Waals surface area (Å²) in [6.45, 7) is 0. The molecule has 0 aromatic heterocycles. The first-order valence-corrected chi connectivity index (χ1v) is 7.35. The van der Waals surface area contributed by atoms with E-state index in [0.717, 1.165) is 15.8 Å². The Kier molecular flexibility index (Phi) is 4.83. The molecule has 1 heterocycles. The number of alkyl halides is 1. The molecule has 0 amide bonds. The summed E-state index contributed by atoms with van der Waals surface area (Å²) in [6, 6.07) is 5.34. The number of rotatable bonds is 3. The van der Waals surface area contributed by atoms with Crippen molar-refractivity contribution >= 4 is 37.8 Å². The van der Waals surface area contributed by atoms with Crippen LogP contribution in [-0.2, 0) is 9.53 Å². The summed E-state index contributed by atoms with van der Waals surface area (Å²) >= 11 is 6.99. The SMILES string of the molecule is COC(=O)C1NNC(c2ccc(OC)c(Br)c2)C1Br. The number of hydrogen-bond donors (Lipinski definition) is 2. The van der Waals surface area contributed by atoms with Crippen LogP contribution in [0.15, 0.2) is 22.7 Å². The molecule has 1 aliphatic heterocycles. The number of benzene rings is 1. The Morgan fingerprint density at radius 2 is 2.05 bits per heavy atom. The number of halogens is 2. The zero-order chi connectivity index (χ0) is 14.0. The smallest absolute Gasteiger partial charge is 0.325 e. The summed E-state index contributed by atoms with van der Waals surface area (Å²) in [7, 11) is 3.00. The van der Waals surface area contributed by atoms with E-state index >= 15 is 0 Å². The van der Waals surface area contributed by atoms with Crippen LogP contribution in [0.5, 0.6) is 5.75 Å². The molecular weight excluding hydrogens is 380 g/mol. The number of esters is 1. The van der Waals surface area contributed by atoms with Crippen molar-refractivity contribution in [1.82, 2.24) is 10.9 Å². The maximum absolute atomic E-state index is 11.6. The lowest BCUT2D eigenvalue weighted by atomic mass is 10.0. The van der Waals surface area contributed by atoms with E-state index in [2.05, 4.69) is 42.7 Å². The molecule has 0 radical (unpaired) electrons. The molecule has 1 aromatic carbocycles. The Hall–Kier alpha value is -0.630. The van der Waals surface area contributed by atoms with Crippen molar-refractivity contribution < 1.29 is 14.3 Å². The van der Waals surface area contributed by atoms with Crippen LogP contribution in [0.25, 0.3) is 0 Å². The van der Waals surface area contributed by atoms with Gasteiger partial charge in [0.2, 0.25) is 0 Å². The first-order chi connectivity index (χ1) is 9.08. The molecule has 7 heteroatoms. The highest BCUT2D eigenvalue weighted by molar-refractivity contribution is 9.10. The van der Waals surface area contributed by atoms with E-state index < -0.39 is 6.04 Å². The zero-order valence-electron chi connectivity index (χ0n) is 10.4. The molecule has 2 N–H and O–H groups in total. The van der Waals surface area contributed by atoms with Crippen LogP contribution in [0, 0.1) is 0 Å². The molecule has 3 atom stereocenters. The largest absolute Gasteiger partial charge is 0.496 e. The zero-order valence-corrected chi connectivity index (χ0v) is 13.6. The van der Waals surface area contributed by atoms with Gasteiger partial charge in [-0.2, -0.15) is 0 Å². The first kappa shape index (κ1) is 14.8. The fraction of sp³-hybridized carbons (Fsp3) is 0.417. The number of carbonyl (C=O) groups is 1. The van der Waals surface area contributed by atoms with Crippen molar-refractivity contribution in [2.24, 2.45) is 0 Å². The third-order valence-electron chi connectivity index (χ3n) is 3.02.